The predicted molar refractivity (Wildman–Crippen MR) is 55.3 cm³/mol. The molecule has 1 aromatic rings. The lowest BCUT2D eigenvalue weighted by Crippen LogP contribution is -2.16. The maximum absolute atomic E-state index is 10.4. The number of aliphatic carboxylic acids is 1. The number of methoxy groups -OCH3 is 1. The molecule has 1 N–H and O–H groups in total. The number of rotatable bonds is 5. The van der Waals surface area contributed by atoms with Gasteiger partial charge in [0.15, 0.2) is 11.5 Å². The van der Waals surface area contributed by atoms with Crippen LogP contribution in [0.3, 0.4) is 0 Å². The van der Waals surface area contributed by atoms with Crippen molar-refractivity contribution < 1.29 is 19.4 Å². The third-order valence-electron chi connectivity index (χ3n) is 1.86. The summed E-state index contributed by atoms with van der Waals surface area (Å²) in [4.78, 5) is 10.4. The molecule has 0 aliphatic carbocycles. The second kappa shape index (κ2) is 5.24. The monoisotopic (exact) mass is 210 g/mol. The van der Waals surface area contributed by atoms with E-state index in [0.29, 0.717) is 11.5 Å². The Morgan fingerprint density at radius 2 is 2.00 bits per heavy atom. The number of carboxylic acids is 1. The van der Waals surface area contributed by atoms with Crippen molar-refractivity contribution in [3.05, 3.63) is 24.3 Å². The fourth-order valence-corrected chi connectivity index (χ4v) is 1.22. The van der Waals surface area contributed by atoms with Gasteiger partial charge in [0.1, 0.15) is 6.10 Å². The quantitative estimate of drug-likeness (QED) is 0.806. The minimum absolute atomic E-state index is 0.0297. The second-order valence-corrected chi connectivity index (χ2v) is 3.18. The van der Waals surface area contributed by atoms with Gasteiger partial charge in [0, 0.05) is 0 Å². The number of hydrogen-bond donors (Lipinski definition) is 1. The molecule has 0 saturated heterocycles. The summed E-state index contributed by atoms with van der Waals surface area (Å²) in [5.41, 5.74) is 0. The first-order chi connectivity index (χ1) is 7.13. The molecule has 0 aliphatic heterocycles. The number of hydrogen-bond acceptors (Lipinski definition) is 3. The number of carboxylic acid groups (broad SMARTS) is 1. The Labute approximate surface area is 88.4 Å². The molecule has 0 spiro atoms. The zero-order valence-electron chi connectivity index (χ0n) is 8.77. The maximum atomic E-state index is 10.4. The van der Waals surface area contributed by atoms with Gasteiger partial charge in [-0.1, -0.05) is 12.1 Å². The highest BCUT2D eigenvalue weighted by Crippen LogP contribution is 2.27. The molecular formula is C11H14O4. The minimum Gasteiger partial charge on any atom is -0.493 e. The highest BCUT2D eigenvalue weighted by Gasteiger charge is 2.11. The zero-order valence-corrected chi connectivity index (χ0v) is 8.77. The second-order valence-electron chi connectivity index (χ2n) is 3.18. The zero-order chi connectivity index (χ0) is 11.3. The van der Waals surface area contributed by atoms with Crippen LogP contribution in [0.4, 0.5) is 0 Å². The molecule has 0 radical (unpaired) electrons. The van der Waals surface area contributed by atoms with Crippen LogP contribution >= 0.6 is 0 Å². The summed E-state index contributed by atoms with van der Waals surface area (Å²) in [6.07, 6.45) is -0.406. The van der Waals surface area contributed by atoms with E-state index in [1.54, 1.807) is 26.2 Å². The topological polar surface area (TPSA) is 55.8 Å². The molecular weight excluding hydrogens is 196 g/mol. The first-order valence-corrected chi connectivity index (χ1v) is 4.65. The molecule has 15 heavy (non-hydrogen) atoms. The van der Waals surface area contributed by atoms with Crippen molar-refractivity contribution in [2.24, 2.45) is 0 Å². The van der Waals surface area contributed by atoms with Crippen LogP contribution in [0.2, 0.25) is 0 Å². The fourth-order valence-electron chi connectivity index (χ4n) is 1.22. The van der Waals surface area contributed by atoms with Gasteiger partial charge in [0.25, 0.3) is 0 Å². The van der Waals surface area contributed by atoms with Crippen LogP contribution in [0.25, 0.3) is 0 Å². The molecule has 0 aliphatic rings. The first-order valence-electron chi connectivity index (χ1n) is 4.65. The molecule has 1 aromatic carbocycles. The maximum Gasteiger partial charge on any atom is 0.307 e. The third-order valence-corrected chi connectivity index (χ3v) is 1.86. The summed E-state index contributed by atoms with van der Waals surface area (Å²) in [6, 6.07) is 7.15. The smallest absolute Gasteiger partial charge is 0.307 e. The molecule has 4 heteroatoms. The Morgan fingerprint density at radius 3 is 2.53 bits per heavy atom. The van der Waals surface area contributed by atoms with Gasteiger partial charge in [0.2, 0.25) is 0 Å². The standard InChI is InChI=1S/C11H14O4/c1-8(7-11(12)13)15-10-6-4-3-5-9(10)14-2/h3-6,8H,7H2,1-2H3,(H,12,13). The lowest BCUT2D eigenvalue weighted by Gasteiger charge is -2.14. The lowest BCUT2D eigenvalue weighted by molar-refractivity contribution is -0.138. The average molecular weight is 210 g/mol. The Balaban J connectivity index is 2.67. The molecule has 0 heterocycles. The van der Waals surface area contributed by atoms with E-state index >= 15 is 0 Å². The molecule has 4 nitrogen and oxygen atoms in total. The van der Waals surface area contributed by atoms with Crippen molar-refractivity contribution in [1.29, 1.82) is 0 Å². The van der Waals surface area contributed by atoms with E-state index in [1.807, 2.05) is 12.1 Å². The van der Waals surface area contributed by atoms with E-state index < -0.39 is 5.97 Å². The number of ether oxygens (including phenoxy) is 2. The van der Waals surface area contributed by atoms with Crippen LogP contribution in [-0.2, 0) is 4.79 Å². The highest BCUT2D eigenvalue weighted by molar-refractivity contribution is 5.67. The van der Waals surface area contributed by atoms with Crippen molar-refractivity contribution in [2.45, 2.75) is 19.4 Å². The van der Waals surface area contributed by atoms with Crippen molar-refractivity contribution in [1.82, 2.24) is 0 Å². The van der Waals surface area contributed by atoms with Crippen molar-refractivity contribution >= 4 is 5.97 Å². The summed E-state index contributed by atoms with van der Waals surface area (Å²) in [6.45, 7) is 1.71. The van der Waals surface area contributed by atoms with E-state index in [2.05, 4.69) is 0 Å². The lowest BCUT2D eigenvalue weighted by atomic mass is 10.2. The van der Waals surface area contributed by atoms with Gasteiger partial charge >= 0.3 is 5.97 Å². The van der Waals surface area contributed by atoms with E-state index in [0.717, 1.165) is 0 Å². The highest BCUT2D eigenvalue weighted by atomic mass is 16.5. The van der Waals surface area contributed by atoms with Crippen LogP contribution < -0.4 is 9.47 Å². The molecule has 0 bridgehead atoms. The fraction of sp³-hybridized carbons (Fsp3) is 0.364. The van der Waals surface area contributed by atoms with Gasteiger partial charge in [-0.05, 0) is 19.1 Å². The number of para-hydroxylation sites is 2. The van der Waals surface area contributed by atoms with E-state index in [4.69, 9.17) is 14.6 Å². The minimum atomic E-state index is -0.877. The molecule has 1 atom stereocenters. The van der Waals surface area contributed by atoms with Crippen LogP contribution in [-0.4, -0.2) is 24.3 Å². The molecule has 0 amide bonds. The van der Waals surface area contributed by atoms with Gasteiger partial charge < -0.3 is 14.6 Å². The molecule has 0 aromatic heterocycles. The largest absolute Gasteiger partial charge is 0.493 e. The molecule has 1 unspecified atom stereocenters. The molecule has 0 saturated carbocycles. The van der Waals surface area contributed by atoms with Crippen molar-refractivity contribution in [3.8, 4) is 11.5 Å². The summed E-state index contributed by atoms with van der Waals surface area (Å²) in [5, 5.41) is 8.58. The number of benzene rings is 1. The first kappa shape index (κ1) is 11.4. The Hall–Kier alpha value is -1.71. The Bertz CT molecular complexity index is 335. The third kappa shape index (κ3) is 3.50. The summed E-state index contributed by atoms with van der Waals surface area (Å²) in [7, 11) is 1.55. The summed E-state index contributed by atoms with van der Waals surface area (Å²) in [5.74, 6) is 0.292. The SMILES string of the molecule is COc1ccccc1OC(C)CC(=O)O. The van der Waals surface area contributed by atoms with Gasteiger partial charge in [-0.15, -0.1) is 0 Å². The summed E-state index contributed by atoms with van der Waals surface area (Å²) < 4.78 is 10.5. The molecule has 0 fully saturated rings. The normalized spacial score (nSPS) is 11.9. The van der Waals surface area contributed by atoms with E-state index in [1.165, 1.54) is 0 Å². The Kier molecular flexibility index (Phi) is 3.97. The van der Waals surface area contributed by atoms with Crippen LogP contribution in [0.15, 0.2) is 24.3 Å². The predicted octanol–water partition coefficient (Wildman–Crippen LogP) is 1.94. The van der Waals surface area contributed by atoms with Crippen molar-refractivity contribution in [2.75, 3.05) is 7.11 Å². The van der Waals surface area contributed by atoms with Gasteiger partial charge in [-0.3, -0.25) is 4.79 Å². The van der Waals surface area contributed by atoms with Crippen LogP contribution in [0, 0.1) is 0 Å². The number of carbonyl (C=O) groups is 1. The van der Waals surface area contributed by atoms with Crippen LogP contribution in [0.5, 0.6) is 11.5 Å². The average Bonchev–Trinajstić information content (AvgIpc) is 2.17. The van der Waals surface area contributed by atoms with E-state index in [9.17, 15) is 4.79 Å². The van der Waals surface area contributed by atoms with Crippen molar-refractivity contribution in [3.63, 3.8) is 0 Å². The van der Waals surface area contributed by atoms with E-state index in [-0.39, 0.29) is 12.5 Å². The Morgan fingerprint density at radius 1 is 1.40 bits per heavy atom. The van der Waals surface area contributed by atoms with Gasteiger partial charge in [0.05, 0.1) is 13.5 Å². The van der Waals surface area contributed by atoms with Crippen LogP contribution in [0.1, 0.15) is 13.3 Å². The van der Waals surface area contributed by atoms with Gasteiger partial charge in [-0.25, -0.2) is 0 Å². The summed E-state index contributed by atoms with van der Waals surface area (Å²) >= 11 is 0. The molecule has 82 valence electrons. The van der Waals surface area contributed by atoms with Gasteiger partial charge in [-0.2, -0.15) is 0 Å². The molecule has 1 rings (SSSR count).